The van der Waals surface area contributed by atoms with Crippen LogP contribution in [0.3, 0.4) is 0 Å². The Balaban J connectivity index is 2.48. The zero-order valence-corrected chi connectivity index (χ0v) is 18.5. The molecule has 2 aromatic rings. The number of carbonyl (C=O) groups excluding carboxylic acids is 1. The number of halogens is 1. The second-order valence-electron chi connectivity index (χ2n) is 8.59. The van der Waals surface area contributed by atoms with Gasteiger partial charge in [0, 0.05) is 11.6 Å². The van der Waals surface area contributed by atoms with E-state index in [4.69, 9.17) is 26.4 Å². The highest BCUT2D eigenvalue weighted by Crippen LogP contribution is 2.30. The number of pyridine rings is 1. The summed E-state index contributed by atoms with van der Waals surface area (Å²) in [5, 5.41) is 23.4. The number of aromatic hydroxyl groups is 1. The Bertz CT molecular complexity index is 1030. The fourth-order valence-corrected chi connectivity index (χ4v) is 2.40. The van der Waals surface area contributed by atoms with Crippen molar-refractivity contribution in [3.63, 3.8) is 0 Å². The molecule has 1 heterocycles. The number of ether oxygens (including phenoxy) is 1. The summed E-state index contributed by atoms with van der Waals surface area (Å²) in [6.45, 7) is 11.2. The summed E-state index contributed by atoms with van der Waals surface area (Å²) in [4.78, 5) is 22.7. The molecule has 8 heteroatoms. The zero-order valence-electron chi connectivity index (χ0n) is 17.8. The molecule has 0 aliphatic rings. The van der Waals surface area contributed by atoms with Gasteiger partial charge in [0.15, 0.2) is 11.4 Å². The minimum atomic E-state index is -0.612. The number of ketones is 1. The molecule has 0 aliphatic heterocycles. The number of benzene rings is 1. The molecule has 0 saturated heterocycles. The van der Waals surface area contributed by atoms with Gasteiger partial charge in [-0.15, -0.1) is 0 Å². The molecule has 0 aliphatic carbocycles. The van der Waals surface area contributed by atoms with Gasteiger partial charge in [-0.25, -0.2) is 4.98 Å². The topological polar surface area (TPSA) is 105 Å². The number of aromatic nitrogens is 1. The molecule has 0 unspecified atom stereocenters. The van der Waals surface area contributed by atoms with E-state index in [2.05, 4.69) is 10.1 Å². The monoisotopic (exact) mass is 429 g/mol. The normalized spacial score (nSPS) is 12.3. The predicted octanol–water partition coefficient (Wildman–Crippen LogP) is 5.10. The maximum Gasteiger partial charge on any atom is 0.236 e. The Hall–Kier alpha value is -3.11. The first kappa shape index (κ1) is 23.2. The molecule has 0 fully saturated rings. The Morgan fingerprint density at radius 3 is 2.47 bits per heavy atom. The number of oxime groups is 1. The average molecular weight is 430 g/mol. The van der Waals surface area contributed by atoms with Crippen molar-refractivity contribution in [1.29, 1.82) is 5.26 Å². The molecule has 1 aromatic heterocycles. The van der Waals surface area contributed by atoms with Crippen LogP contribution in [0.15, 0.2) is 35.6 Å². The van der Waals surface area contributed by atoms with Crippen LogP contribution in [0.1, 0.15) is 63.2 Å². The molecule has 0 radical (unpaired) electrons. The van der Waals surface area contributed by atoms with Crippen molar-refractivity contribution >= 4 is 23.3 Å². The van der Waals surface area contributed by atoms with E-state index >= 15 is 0 Å². The third-order valence-electron chi connectivity index (χ3n) is 3.69. The van der Waals surface area contributed by atoms with Gasteiger partial charge in [-0.1, -0.05) is 37.5 Å². The number of phenols is 1. The fraction of sp³-hybridized carbons (Fsp3) is 0.364. The quantitative estimate of drug-likeness (QED) is 0.314. The van der Waals surface area contributed by atoms with Gasteiger partial charge in [-0.2, -0.15) is 5.26 Å². The molecular weight excluding hydrogens is 406 g/mol. The first-order chi connectivity index (χ1) is 13.8. The Morgan fingerprint density at radius 2 is 1.90 bits per heavy atom. The van der Waals surface area contributed by atoms with Crippen molar-refractivity contribution in [3.8, 4) is 17.6 Å². The van der Waals surface area contributed by atoms with E-state index in [0.717, 1.165) is 6.07 Å². The summed E-state index contributed by atoms with van der Waals surface area (Å²) in [7, 11) is 0. The molecule has 0 saturated carbocycles. The summed E-state index contributed by atoms with van der Waals surface area (Å²) in [6.07, 6.45) is 1.43. The first-order valence-electron chi connectivity index (χ1n) is 9.20. The number of hydrogen-bond acceptors (Lipinski definition) is 7. The van der Waals surface area contributed by atoms with E-state index in [9.17, 15) is 9.90 Å². The second kappa shape index (κ2) is 8.72. The van der Waals surface area contributed by atoms with Gasteiger partial charge >= 0.3 is 0 Å². The molecule has 0 atom stereocenters. The molecule has 1 N–H and O–H groups in total. The average Bonchev–Trinajstić information content (AvgIpc) is 2.64. The van der Waals surface area contributed by atoms with E-state index < -0.39 is 16.8 Å². The summed E-state index contributed by atoms with van der Waals surface area (Å²) in [6, 6.07) is 7.40. The van der Waals surface area contributed by atoms with E-state index in [1.807, 2.05) is 47.6 Å². The fourth-order valence-electron chi connectivity index (χ4n) is 2.19. The van der Waals surface area contributed by atoms with Gasteiger partial charge < -0.3 is 14.7 Å². The van der Waals surface area contributed by atoms with Crippen LogP contribution in [-0.2, 0) is 4.84 Å². The van der Waals surface area contributed by atoms with E-state index in [-0.39, 0.29) is 39.2 Å². The van der Waals surface area contributed by atoms with E-state index in [1.54, 1.807) is 12.1 Å². The largest absolute Gasteiger partial charge is 0.507 e. The van der Waals surface area contributed by atoms with Crippen LogP contribution in [0.2, 0.25) is 5.02 Å². The summed E-state index contributed by atoms with van der Waals surface area (Å²) in [5.74, 6) is -0.590. The molecule has 158 valence electrons. The standard InChI is InChI=1S/C22H24ClN3O4/c1-21(2,3)20(26-30-22(4,5)6)29-17-8-7-9-25-18(17)19(28)14-11-15(23)13(12-24)10-16(14)27/h7-11,27H,1-6H3. The molecule has 7 nitrogen and oxygen atoms in total. The van der Waals surface area contributed by atoms with Crippen LogP contribution in [0, 0.1) is 16.7 Å². The summed E-state index contributed by atoms with van der Waals surface area (Å²) < 4.78 is 5.94. The molecule has 0 amide bonds. The van der Waals surface area contributed by atoms with Crippen LogP contribution in [0.4, 0.5) is 0 Å². The molecule has 0 bridgehead atoms. The van der Waals surface area contributed by atoms with E-state index in [1.165, 1.54) is 12.3 Å². The van der Waals surface area contributed by atoms with E-state index in [0.29, 0.717) is 0 Å². The third-order valence-corrected chi connectivity index (χ3v) is 4.00. The highest BCUT2D eigenvalue weighted by atomic mass is 35.5. The maximum absolute atomic E-state index is 13.1. The SMILES string of the molecule is CC(C)(C)ON=C(Oc1cccnc1C(=O)c1cc(Cl)c(C#N)cc1O)C(C)(C)C. The first-order valence-corrected chi connectivity index (χ1v) is 9.58. The number of carbonyl (C=O) groups is 1. The Morgan fingerprint density at radius 1 is 1.23 bits per heavy atom. The zero-order chi connectivity index (χ0) is 22.7. The highest BCUT2D eigenvalue weighted by molar-refractivity contribution is 6.32. The molecule has 2 rings (SSSR count). The minimum Gasteiger partial charge on any atom is -0.507 e. The van der Waals surface area contributed by atoms with Crippen LogP contribution >= 0.6 is 11.6 Å². The number of nitriles is 1. The van der Waals surface area contributed by atoms with Crippen molar-refractivity contribution in [2.75, 3.05) is 0 Å². The van der Waals surface area contributed by atoms with Gasteiger partial charge in [0.1, 0.15) is 17.4 Å². The lowest BCUT2D eigenvalue weighted by Gasteiger charge is -2.24. The Labute approximate surface area is 180 Å². The minimum absolute atomic E-state index is 0.0405. The van der Waals surface area contributed by atoms with Crippen LogP contribution in [-0.4, -0.2) is 27.4 Å². The van der Waals surface area contributed by atoms with Crippen molar-refractivity contribution in [2.24, 2.45) is 10.6 Å². The van der Waals surface area contributed by atoms with Crippen molar-refractivity contribution in [3.05, 3.63) is 52.3 Å². The lowest BCUT2D eigenvalue weighted by molar-refractivity contribution is -0.00380. The van der Waals surface area contributed by atoms with Gasteiger partial charge in [-0.3, -0.25) is 4.79 Å². The Kier molecular flexibility index (Phi) is 6.73. The molecule has 1 aromatic carbocycles. The number of hydrogen-bond donors (Lipinski definition) is 1. The van der Waals surface area contributed by atoms with Crippen molar-refractivity contribution < 1.29 is 19.5 Å². The smallest absolute Gasteiger partial charge is 0.236 e. The number of rotatable bonds is 4. The maximum atomic E-state index is 13.1. The van der Waals surface area contributed by atoms with Gasteiger partial charge in [0.25, 0.3) is 0 Å². The summed E-state index contributed by atoms with van der Waals surface area (Å²) >= 11 is 6.03. The third kappa shape index (κ3) is 5.71. The van der Waals surface area contributed by atoms with Crippen LogP contribution < -0.4 is 4.74 Å². The second-order valence-corrected chi connectivity index (χ2v) is 9.00. The predicted molar refractivity (Wildman–Crippen MR) is 114 cm³/mol. The van der Waals surface area contributed by atoms with Gasteiger partial charge in [0.2, 0.25) is 11.7 Å². The lowest BCUT2D eigenvalue weighted by Crippen LogP contribution is -2.29. The van der Waals surface area contributed by atoms with Crippen molar-refractivity contribution in [2.45, 2.75) is 47.1 Å². The van der Waals surface area contributed by atoms with Gasteiger partial charge in [0.05, 0.1) is 16.1 Å². The van der Waals surface area contributed by atoms with Crippen molar-refractivity contribution in [1.82, 2.24) is 4.98 Å². The molecule has 30 heavy (non-hydrogen) atoms. The number of nitrogens with zero attached hydrogens (tertiary/aromatic N) is 3. The van der Waals surface area contributed by atoms with Crippen LogP contribution in [0.25, 0.3) is 0 Å². The van der Waals surface area contributed by atoms with Gasteiger partial charge in [-0.05, 0) is 45.0 Å². The van der Waals surface area contributed by atoms with Crippen LogP contribution in [0.5, 0.6) is 11.5 Å². The lowest BCUT2D eigenvalue weighted by atomic mass is 9.96. The highest BCUT2D eigenvalue weighted by Gasteiger charge is 2.27. The molecule has 0 spiro atoms. The molecular formula is C22H24ClN3O4. The number of phenolic OH excluding ortho intramolecular Hbond substituents is 1. The summed E-state index contributed by atoms with van der Waals surface area (Å²) in [5.41, 5.74) is -1.13.